The Labute approximate surface area is 64.4 Å². The molecule has 0 bridgehead atoms. The third-order valence-electron chi connectivity index (χ3n) is 0.985. The van der Waals surface area contributed by atoms with Crippen LogP contribution in [0.1, 0.15) is 4.88 Å². The Kier molecular flexibility index (Phi) is 2.11. The molecule has 1 rings (SSSR count). The van der Waals surface area contributed by atoms with Gasteiger partial charge in [0.2, 0.25) is 0 Å². The molecule has 0 aromatic carbocycles. The maximum atomic E-state index is 10.7. The molecular formula is C6H8O2S2. The van der Waals surface area contributed by atoms with E-state index >= 15 is 0 Å². The summed E-state index contributed by atoms with van der Waals surface area (Å²) >= 11 is 1.47. The molecule has 0 spiro atoms. The summed E-state index contributed by atoms with van der Waals surface area (Å²) in [6.07, 6.45) is 1.24. The predicted octanol–water partition coefficient (Wildman–Crippen LogP) is 1.29. The first kappa shape index (κ1) is 7.75. The summed E-state index contributed by atoms with van der Waals surface area (Å²) in [6.45, 7) is 0. The van der Waals surface area contributed by atoms with Crippen molar-refractivity contribution in [2.45, 2.75) is 5.75 Å². The second kappa shape index (κ2) is 2.72. The summed E-state index contributed by atoms with van der Waals surface area (Å²) in [7, 11) is -2.84. The van der Waals surface area contributed by atoms with Crippen LogP contribution < -0.4 is 0 Å². The zero-order valence-electron chi connectivity index (χ0n) is 5.57. The van der Waals surface area contributed by atoms with Crippen molar-refractivity contribution in [1.29, 1.82) is 0 Å². The number of hydrogen-bond donors (Lipinski definition) is 0. The van der Waals surface area contributed by atoms with Crippen molar-refractivity contribution >= 4 is 21.2 Å². The van der Waals surface area contributed by atoms with Crippen LogP contribution in [0, 0.1) is 0 Å². The summed E-state index contributed by atoms with van der Waals surface area (Å²) in [5, 5.41) is 1.88. The number of hydrogen-bond acceptors (Lipinski definition) is 3. The van der Waals surface area contributed by atoms with Gasteiger partial charge < -0.3 is 0 Å². The van der Waals surface area contributed by atoms with Gasteiger partial charge in [0.15, 0.2) is 9.84 Å². The quantitative estimate of drug-likeness (QED) is 0.680. The van der Waals surface area contributed by atoms with Crippen LogP contribution in [0.25, 0.3) is 0 Å². The molecule has 0 fully saturated rings. The fraction of sp³-hybridized carbons (Fsp3) is 0.333. The van der Waals surface area contributed by atoms with E-state index in [1.807, 2.05) is 17.5 Å². The highest BCUT2D eigenvalue weighted by molar-refractivity contribution is 7.90. The number of thiophene rings is 1. The van der Waals surface area contributed by atoms with Crippen LogP contribution in [-0.2, 0) is 15.6 Å². The van der Waals surface area contributed by atoms with Gasteiger partial charge in [0.25, 0.3) is 0 Å². The minimum atomic E-state index is -2.84. The lowest BCUT2D eigenvalue weighted by molar-refractivity contribution is 0.601. The minimum Gasteiger partial charge on any atom is -0.229 e. The van der Waals surface area contributed by atoms with Crippen molar-refractivity contribution in [3.05, 3.63) is 22.4 Å². The van der Waals surface area contributed by atoms with Gasteiger partial charge in [-0.1, -0.05) is 6.07 Å². The molecule has 0 unspecified atom stereocenters. The van der Waals surface area contributed by atoms with E-state index in [0.717, 1.165) is 4.88 Å². The lowest BCUT2D eigenvalue weighted by Crippen LogP contribution is -1.97. The highest BCUT2D eigenvalue weighted by Crippen LogP contribution is 2.11. The lowest BCUT2D eigenvalue weighted by atomic mass is 10.5. The lowest BCUT2D eigenvalue weighted by Gasteiger charge is -1.90. The van der Waals surface area contributed by atoms with Gasteiger partial charge in [-0.2, -0.15) is 0 Å². The summed E-state index contributed by atoms with van der Waals surface area (Å²) < 4.78 is 21.4. The van der Waals surface area contributed by atoms with E-state index < -0.39 is 9.84 Å². The Morgan fingerprint density at radius 2 is 2.30 bits per heavy atom. The molecule has 1 aromatic rings. The van der Waals surface area contributed by atoms with Gasteiger partial charge in [-0.15, -0.1) is 11.3 Å². The maximum absolute atomic E-state index is 10.7. The Bertz CT molecular complexity index is 284. The molecule has 0 aliphatic carbocycles. The molecule has 1 heterocycles. The van der Waals surface area contributed by atoms with E-state index in [1.165, 1.54) is 17.6 Å². The molecular weight excluding hydrogens is 168 g/mol. The zero-order chi connectivity index (χ0) is 7.61. The Balaban J connectivity index is 2.75. The van der Waals surface area contributed by atoms with Gasteiger partial charge in [-0.3, -0.25) is 0 Å². The monoisotopic (exact) mass is 176 g/mol. The van der Waals surface area contributed by atoms with E-state index in [9.17, 15) is 8.42 Å². The summed E-state index contributed by atoms with van der Waals surface area (Å²) in [5.41, 5.74) is 0. The zero-order valence-corrected chi connectivity index (χ0v) is 7.21. The molecule has 0 amide bonds. The van der Waals surface area contributed by atoms with E-state index in [2.05, 4.69) is 0 Å². The van der Waals surface area contributed by atoms with Gasteiger partial charge in [-0.25, -0.2) is 8.42 Å². The average Bonchev–Trinajstić information content (AvgIpc) is 2.12. The van der Waals surface area contributed by atoms with Crippen LogP contribution in [0.2, 0.25) is 0 Å². The third-order valence-corrected chi connectivity index (χ3v) is 2.88. The largest absolute Gasteiger partial charge is 0.229 e. The normalized spacial score (nSPS) is 11.7. The van der Waals surface area contributed by atoms with Crippen LogP contribution in [0.4, 0.5) is 0 Å². The fourth-order valence-corrected chi connectivity index (χ4v) is 2.67. The standard InChI is InChI=1S/C6H8O2S2/c1-10(7,8)5-6-3-2-4-9-6/h2-4H,5H2,1H3. The first-order valence-electron chi connectivity index (χ1n) is 2.78. The molecule has 0 N–H and O–H groups in total. The van der Waals surface area contributed by atoms with Gasteiger partial charge >= 0.3 is 0 Å². The van der Waals surface area contributed by atoms with Crippen LogP contribution in [0.5, 0.6) is 0 Å². The molecule has 1 aromatic heterocycles. The summed E-state index contributed by atoms with van der Waals surface area (Å²) in [4.78, 5) is 0.905. The van der Waals surface area contributed by atoms with E-state index in [-0.39, 0.29) is 5.75 Å². The SMILES string of the molecule is CS(=O)(=O)Cc1cccs1. The van der Waals surface area contributed by atoms with Crippen molar-refractivity contribution in [1.82, 2.24) is 0 Å². The maximum Gasteiger partial charge on any atom is 0.152 e. The summed E-state index contributed by atoms with van der Waals surface area (Å²) in [6, 6.07) is 3.68. The van der Waals surface area contributed by atoms with Crippen LogP contribution >= 0.6 is 11.3 Å². The molecule has 4 heteroatoms. The molecule has 0 saturated heterocycles. The Morgan fingerprint density at radius 1 is 1.60 bits per heavy atom. The van der Waals surface area contributed by atoms with Crippen molar-refractivity contribution in [3.8, 4) is 0 Å². The Hall–Kier alpha value is -0.350. The van der Waals surface area contributed by atoms with Crippen LogP contribution in [-0.4, -0.2) is 14.7 Å². The Morgan fingerprint density at radius 3 is 2.70 bits per heavy atom. The van der Waals surface area contributed by atoms with Gasteiger partial charge in [-0.05, 0) is 11.4 Å². The third kappa shape index (κ3) is 2.49. The second-order valence-electron chi connectivity index (χ2n) is 2.15. The van der Waals surface area contributed by atoms with E-state index in [1.54, 1.807) is 0 Å². The second-order valence-corrected chi connectivity index (χ2v) is 5.32. The molecule has 0 saturated carbocycles. The first-order chi connectivity index (χ1) is 4.58. The predicted molar refractivity (Wildman–Crippen MR) is 42.9 cm³/mol. The average molecular weight is 176 g/mol. The molecule has 0 radical (unpaired) electrons. The molecule has 56 valence electrons. The smallest absolute Gasteiger partial charge is 0.152 e. The van der Waals surface area contributed by atoms with Gasteiger partial charge in [0.05, 0.1) is 5.75 Å². The van der Waals surface area contributed by atoms with E-state index in [0.29, 0.717) is 0 Å². The van der Waals surface area contributed by atoms with Gasteiger partial charge in [0.1, 0.15) is 0 Å². The molecule has 0 atom stereocenters. The number of sulfone groups is 1. The number of rotatable bonds is 2. The van der Waals surface area contributed by atoms with Crippen molar-refractivity contribution in [3.63, 3.8) is 0 Å². The van der Waals surface area contributed by atoms with Crippen molar-refractivity contribution < 1.29 is 8.42 Å². The summed E-state index contributed by atoms with van der Waals surface area (Å²) in [5.74, 6) is 0.171. The topological polar surface area (TPSA) is 34.1 Å². The van der Waals surface area contributed by atoms with Gasteiger partial charge in [0, 0.05) is 11.1 Å². The fourth-order valence-electron chi connectivity index (χ4n) is 0.653. The van der Waals surface area contributed by atoms with Crippen LogP contribution in [0.3, 0.4) is 0 Å². The van der Waals surface area contributed by atoms with E-state index in [4.69, 9.17) is 0 Å². The first-order valence-corrected chi connectivity index (χ1v) is 5.72. The van der Waals surface area contributed by atoms with Crippen molar-refractivity contribution in [2.75, 3.05) is 6.26 Å². The molecule has 10 heavy (non-hydrogen) atoms. The molecule has 2 nitrogen and oxygen atoms in total. The highest BCUT2D eigenvalue weighted by Gasteiger charge is 2.03. The molecule has 0 aliphatic rings. The molecule has 0 aliphatic heterocycles. The van der Waals surface area contributed by atoms with Crippen LogP contribution in [0.15, 0.2) is 17.5 Å². The highest BCUT2D eigenvalue weighted by atomic mass is 32.2. The van der Waals surface area contributed by atoms with Crippen molar-refractivity contribution in [2.24, 2.45) is 0 Å². The minimum absolute atomic E-state index is 0.171.